The van der Waals surface area contributed by atoms with Crippen LogP contribution < -0.4 is 5.43 Å². The van der Waals surface area contributed by atoms with Gasteiger partial charge in [0.15, 0.2) is 0 Å². The van der Waals surface area contributed by atoms with E-state index in [2.05, 4.69) is 22.7 Å². The molecule has 6 nitrogen and oxygen atoms in total. The molecule has 1 aliphatic rings. The molecule has 0 aliphatic carbocycles. The Balaban J connectivity index is 1.62. The summed E-state index contributed by atoms with van der Waals surface area (Å²) >= 11 is 0. The van der Waals surface area contributed by atoms with Crippen LogP contribution in [0.15, 0.2) is 64.6 Å². The van der Waals surface area contributed by atoms with Crippen molar-refractivity contribution in [3.05, 3.63) is 65.7 Å². The van der Waals surface area contributed by atoms with Crippen LogP contribution in [0.1, 0.15) is 42.1 Å². The van der Waals surface area contributed by atoms with Crippen molar-refractivity contribution in [3.8, 4) is 0 Å². The zero-order valence-corrected chi connectivity index (χ0v) is 16.8. The second-order valence-corrected chi connectivity index (χ2v) is 8.85. The summed E-state index contributed by atoms with van der Waals surface area (Å²) in [6, 6.07) is 16.2. The summed E-state index contributed by atoms with van der Waals surface area (Å²) in [4.78, 5) is 12.5. The largest absolute Gasteiger partial charge is 0.271 e. The van der Waals surface area contributed by atoms with Gasteiger partial charge in [0.05, 0.1) is 4.90 Å². The number of hydrogen-bond donors (Lipinski definition) is 1. The number of amides is 1. The molecule has 2 aromatic carbocycles. The van der Waals surface area contributed by atoms with Gasteiger partial charge < -0.3 is 0 Å². The molecule has 0 radical (unpaired) electrons. The van der Waals surface area contributed by atoms with E-state index in [1.807, 2.05) is 25.1 Å². The smallest absolute Gasteiger partial charge is 0.267 e. The van der Waals surface area contributed by atoms with Crippen LogP contribution in [0.25, 0.3) is 0 Å². The highest BCUT2D eigenvalue weighted by Crippen LogP contribution is 2.21. The molecule has 0 aromatic heterocycles. The van der Waals surface area contributed by atoms with Gasteiger partial charge in [0.2, 0.25) is 10.0 Å². The van der Waals surface area contributed by atoms with Crippen LogP contribution in [-0.4, -0.2) is 37.4 Å². The van der Waals surface area contributed by atoms with E-state index in [1.165, 1.54) is 22.0 Å². The molecule has 7 heteroatoms. The lowest BCUT2D eigenvalue weighted by Gasteiger charge is -2.15. The molecule has 28 heavy (non-hydrogen) atoms. The van der Waals surface area contributed by atoms with Gasteiger partial charge in [-0.3, -0.25) is 4.79 Å². The van der Waals surface area contributed by atoms with E-state index < -0.39 is 15.9 Å². The van der Waals surface area contributed by atoms with Gasteiger partial charge in [-0.2, -0.15) is 9.41 Å². The van der Waals surface area contributed by atoms with Crippen LogP contribution in [-0.2, 0) is 16.4 Å². The van der Waals surface area contributed by atoms with Crippen LogP contribution >= 0.6 is 0 Å². The highest BCUT2D eigenvalue weighted by Gasteiger charge is 2.27. The summed E-state index contributed by atoms with van der Waals surface area (Å²) in [6.07, 6.45) is 3.32. The first kappa shape index (κ1) is 20.2. The van der Waals surface area contributed by atoms with Gasteiger partial charge in [0.1, 0.15) is 0 Å². The van der Waals surface area contributed by atoms with Gasteiger partial charge in [-0.15, -0.1) is 0 Å². The van der Waals surface area contributed by atoms with Crippen molar-refractivity contribution in [2.24, 2.45) is 5.10 Å². The van der Waals surface area contributed by atoms with E-state index >= 15 is 0 Å². The Kier molecular flexibility index (Phi) is 6.59. The molecule has 2 aromatic rings. The van der Waals surface area contributed by atoms with E-state index in [9.17, 15) is 13.2 Å². The summed E-state index contributed by atoms with van der Waals surface area (Å²) in [5.74, 6) is -0.419. The van der Waals surface area contributed by atoms with Gasteiger partial charge in [0, 0.05) is 24.4 Å². The SMILES string of the molecule is C/C(CCc1ccccc1)=N/NC(=O)c1cccc(S(=O)(=O)N2CCCC2)c1. The lowest BCUT2D eigenvalue weighted by atomic mass is 10.1. The molecule has 1 aliphatic heterocycles. The minimum Gasteiger partial charge on any atom is -0.267 e. The molecule has 0 spiro atoms. The number of hydrazone groups is 1. The Morgan fingerprint density at radius 3 is 2.50 bits per heavy atom. The number of aryl methyl sites for hydroxylation is 1. The minimum atomic E-state index is -3.55. The first-order chi connectivity index (χ1) is 13.5. The lowest BCUT2D eigenvalue weighted by molar-refractivity contribution is 0.0954. The van der Waals surface area contributed by atoms with Crippen molar-refractivity contribution in [2.45, 2.75) is 37.5 Å². The van der Waals surface area contributed by atoms with Crippen LogP contribution in [0.3, 0.4) is 0 Å². The molecule has 0 atom stereocenters. The van der Waals surface area contributed by atoms with Crippen LogP contribution in [0.4, 0.5) is 0 Å². The zero-order valence-electron chi connectivity index (χ0n) is 16.0. The summed E-state index contributed by atoms with van der Waals surface area (Å²) in [5, 5.41) is 4.14. The number of benzene rings is 2. The minimum absolute atomic E-state index is 0.145. The second kappa shape index (κ2) is 9.12. The maximum Gasteiger partial charge on any atom is 0.271 e. The maximum atomic E-state index is 12.7. The van der Waals surface area contributed by atoms with Crippen LogP contribution in [0, 0.1) is 0 Å². The molecule has 148 valence electrons. The predicted octanol–water partition coefficient (Wildman–Crippen LogP) is 3.21. The Hall–Kier alpha value is -2.51. The number of nitrogens with zero attached hydrogens (tertiary/aromatic N) is 2. The Labute approximate surface area is 166 Å². The molecule has 1 heterocycles. The molecule has 3 rings (SSSR count). The number of carbonyl (C=O) groups is 1. The third-order valence-corrected chi connectivity index (χ3v) is 6.66. The van der Waals surface area contributed by atoms with Gasteiger partial charge in [-0.05, 0) is 56.4 Å². The third kappa shape index (κ3) is 5.05. The summed E-state index contributed by atoms with van der Waals surface area (Å²) in [7, 11) is -3.55. The van der Waals surface area contributed by atoms with Gasteiger partial charge in [0.25, 0.3) is 5.91 Å². The van der Waals surface area contributed by atoms with Crippen molar-refractivity contribution in [1.82, 2.24) is 9.73 Å². The molecule has 1 saturated heterocycles. The van der Waals surface area contributed by atoms with Crippen LogP contribution in [0.5, 0.6) is 0 Å². The molecule has 1 fully saturated rings. The predicted molar refractivity (Wildman–Crippen MR) is 110 cm³/mol. The van der Waals surface area contributed by atoms with Crippen molar-refractivity contribution < 1.29 is 13.2 Å². The molecule has 0 unspecified atom stereocenters. The average Bonchev–Trinajstić information content (AvgIpc) is 3.27. The Morgan fingerprint density at radius 1 is 1.07 bits per heavy atom. The van der Waals surface area contributed by atoms with E-state index in [-0.39, 0.29) is 10.5 Å². The van der Waals surface area contributed by atoms with Gasteiger partial charge in [-0.1, -0.05) is 36.4 Å². The number of nitrogens with one attached hydrogen (secondary N) is 1. The summed E-state index contributed by atoms with van der Waals surface area (Å²) < 4.78 is 26.8. The topological polar surface area (TPSA) is 78.8 Å². The zero-order chi connectivity index (χ0) is 20.0. The molecular formula is C21H25N3O3S. The van der Waals surface area contributed by atoms with Gasteiger partial charge in [-0.25, -0.2) is 13.8 Å². The quantitative estimate of drug-likeness (QED) is 0.574. The van der Waals surface area contributed by atoms with Crippen LogP contribution in [0.2, 0.25) is 0 Å². The number of carbonyl (C=O) groups excluding carboxylic acids is 1. The lowest BCUT2D eigenvalue weighted by Crippen LogP contribution is -2.28. The third-order valence-electron chi connectivity index (χ3n) is 4.77. The van der Waals surface area contributed by atoms with Crippen molar-refractivity contribution in [1.29, 1.82) is 0 Å². The van der Waals surface area contributed by atoms with E-state index in [4.69, 9.17) is 0 Å². The fraction of sp³-hybridized carbons (Fsp3) is 0.333. The normalized spacial score (nSPS) is 15.5. The molecular weight excluding hydrogens is 374 g/mol. The highest BCUT2D eigenvalue weighted by molar-refractivity contribution is 7.89. The summed E-state index contributed by atoms with van der Waals surface area (Å²) in [5.41, 5.74) is 4.82. The maximum absolute atomic E-state index is 12.7. The molecule has 0 bridgehead atoms. The Bertz CT molecular complexity index is 950. The second-order valence-electron chi connectivity index (χ2n) is 6.91. The van der Waals surface area contributed by atoms with E-state index in [1.54, 1.807) is 12.1 Å². The Morgan fingerprint density at radius 2 is 1.79 bits per heavy atom. The molecule has 1 N–H and O–H groups in total. The summed E-state index contributed by atoms with van der Waals surface area (Å²) in [6.45, 7) is 2.92. The van der Waals surface area contributed by atoms with Crippen molar-refractivity contribution in [2.75, 3.05) is 13.1 Å². The first-order valence-electron chi connectivity index (χ1n) is 9.44. The first-order valence-corrected chi connectivity index (χ1v) is 10.9. The monoisotopic (exact) mass is 399 g/mol. The van der Waals surface area contributed by atoms with Crippen molar-refractivity contribution >= 4 is 21.6 Å². The number of sulfonamides is 1. The van der Waals surface area contributed by atoms with Crippen molar-refractivity contribution in [3.63, 3.8) is 0 Å². The van der Waals surface area contributed by atoms with Gasteiger partial charge >= 0.3 is 0 Å². The standard InChI is InChI=1S/C21H25N3O3S/c1-17(12-13-18-8-3-2-4-9-18)22-23-21(25)19-10-7-11-20(16-19)28(26,27)24-14-5-6-15-24/h2-4,7-11,16H,5-6,12-15H2,1H3,(H,23,25)/b22-17-. The fourth-order valence-corrected chi connectivity index (χ4v) is 4.68. The van der Waals surface area contributed by atoms with E-state index in [0.717, 1.165) is 31.4 Å². The average molecular weight is 400 g/mol. The number of rotatable bonds is 7. The molecule has 1 amide bonds. The van der Waals surface area contributed by atoms with E-state index in [0.29, 0.717) is 13.1 Å². The highest BCUT2D eigenvalue weighted by atomic mass is 32.2. The fourth-order valence-electron chi connectivity index (χ4n) is 3.11. The molecule has 0 saturated carbocycles. The number of hydrogen-bond acceptors (Lipinski definition) is 4.